The molecule has 0 unspecified atom stereocenters. The van der Waals surface area contributed by atoms with E-state index in [9.17, 15) is 9.59 Å². The van der Waals surface area contributed by atoms with Gasteiger partial charge in [-0.25, -0.2) is 0 Å². The third-order valence-electron chi connectivity index (χ3n) is 4.98. The van der Waals surface area contributed by atoms with Crippen LogP contribution in [0.5, 0.6) is 0 Å². The van der Waals surface area contributed by atoms with E-state index < -0.39 is 6.04 Å². The third-order valence-corrected chi connectivity index (χ3v) is 4.98. The second-order valence-electron chi connectivity index (χ2n) is 7.52. The number of aryl methyl sites for hydroxylation is 1. The molecule has 0 saturated heterocycles. The van der Waals surface area contributed by atoms with Gasteiger partial charge in [-0.05, 0) is 43.0 Å². The van der Waals surface area contributed by atoms with Gasteiger partial charge in [-0.2, -0.15) is 0 Å². The summed E-state index contributed by atoms with van der Waals surface area (Å²) < 4.78 is 2.19. The summed E-state index contributed by atoms with van der Waals surface area (Å²) >= 11 is 0. The standard InChI is InChI=1S/C20H28N6O2.ClH/c1-13(2)18(21)20(28)22-12-17(27)23-15-9-7-14(8-10-15)19-25-24-16-6-4-3-5-11-26(16)19;/h7-10,13,18H,3-6,11-12,21H2,1-2H3,(H,22,28)(H,23,27);1H/t18-;/m0./s1. The third kappa shape index (κ3) is 5.77. The highest BCUT2D eigenvalue weighted by atomic mass is 35.5. The van der Waals surface area contributed by atoms with Crippen molar-refractivity contribution in [1.29, 1.82) is 0 Å². The van der Waals surface area contributed by atoms with Gasteiger partial charge < -0.3 is 20.9 Å². The van der Waals surface area contributed by atoms with Crippen LogP contribution in [0.2, 0.25) is 0 Å². The van der Waals surface area contributed by atoms with Crippen molar-refractivity contribution in [3.63, 3.8) is 0 Å². The van der Waals surface area contributed by atoms with Gasteiger partial charge in [0.15, 0.2) is 5.82 Å². The molecule has 0 radical (unpaired) electrons. The smallest absolute Gasteiger partial charge is 0.243 e. The molecule has 1 aromatic carbocycles. The molecule has 2 amide bonds. The number of fused-ring (bicyclic) bond motifs is 1. The van der Waals surface area contributed by atoms with Crippen molar-refractivity contribution >= 4 is 29.9 Å². The average molecular weight is 421 g/mol. The number of benzene rings is 1. The Morgan fingerprint density at radius 2 is 1.86 bits per heavy atom. The van der Waals surface area contributed by atoms with Crippen LogP contribution in [0.4, 0.5) is 5.69 Å². The summed E-state index contributed by atoms with van der Waals surface area (Å²) in [5, 5.41) is 14.0. The van der Waals surface area contributed by atoms with Crippen molar-refractivity contribution in [3.05, 3.63) is 30.1 Å². The lowest BCUT2D eigenvalue weighted by molar-refractivity contribution is -0.125. The summed E-state index contributed by atoms with van der Waals surface area (Å²) in [5.74, 6) is 1.30. The molecule has 1 aromatic heterocycles. The number of carbonyl (C=O) groups is 2. The fraction of sp³-hybridized carbons (Fsp3) is 0.500. The first-order valence-corrected chi connectivity index (χ1v) is 9.81. The molecule has 8 nitrogen and oxygen atoms in total. The SMILES string of the molecule is CC(C)[C@H](N)C(=O)NCC(=O)Nc1ccc(-c2nnc3n2CCCCC3)cc1.Cl. The molecule has 2 heterocycles. The van der Waals surface area contributed by atoms with Crippen molar-refractivity contribution in [2.45, 2.75) is 52.1 Å². The first-order chi connectivity index (χ1) is 13.5. The van der Waals surface area contributed by atoms with Crippen LogP contribution in [0.15, 0.2) is 24.3 Å². The predicted octanol–water partition coefficient (Wildman–Crippen LogP) is 2.13. The maximum Gasteiger partial charge on any atom is 0.243 e. The lowest BCUT2D eigenvalue weighted by Crippen LogP contribution is -2.46. The van der Waals surface area contributed by atoms with Crippen LogP contribution in [-0.4, -0.2) is 39.2 Å². The number of nitrogens with zero attached hydrogens (tertiary/aromatic N) is 3. The van der Waals surface area contributed by atoms with Crippen LogP contribution in [0.3, 0.4) is 0 Å². The van der Waals surface area contributed by atoms with Gasteiger partial charge >= 0.3 is 0 Å². The Morgan fingerprint density at radius 3 is 2.55 bits per heavy atom. The maximum atomic E-state index is 12.1. The molecule has 158 valence electrons. The Kier molecular flexibility index (Phi) is 8.16. The van der Waals surface area contributed by atoms with E-state index in [1.807, 2.05) is 38.1 Å². The Balaban J connectivity index is 0.00000300. The van der Waals surface area contributed by atoms with E-state index in [-0.39, 0.29) is 36.7 Å². The Hall–Kier alpha value is -2.45. The summed E-state index contributed by atoms with van der Waals surface area (Å²) in [7, 11) is 0. The van der Waals surface area contributed by atoms with Crippen molar-refractivity contribution in [2.24, 2.45) is 11.7 Å². The fourth-order valence-corrected chi connectivity index (χ4v) is 3.19. The van der Waals surface area contributed by atoms with Gasteiger partial charge in [0.2, 0.25) is 11.8 Å². The molecular formula is C20H29ClN6O2. The maximum absolute atomic E-state index is 12.1. The molecule has 0 aliphatic carbocycles. The minimum Gasteiger partial charge on any atom is -0.346 e. The van der Waals surface area contributed by atoms with Gasteiger partial charge in [0.25, 0.3) is 0 Å². The molecule has 0 bridgehead atoms. The number of halogens is 1. The number of nitrogens with two attached hydrogens (primary N) is 1. The van der Waals surface area contributed by atoms with Gasteiger partial charge in [0, 0.05) is 24.2 Å². The molecule has 29 heavy (non-hydrogen) atoms. The summed E-state index contributed by atoms with van der Waals surface area (Å²) in [4.78, 5) is 23.9. The average Bonchev–Trinajstić information content (AvgIpc) is 2.94. The van der Waals surface area contributed by atoms with Gasteiger partial charge in [0.05, 0.1) is 12.6 Å². The number of anilines is 1. The topological polar surface area (TPSA) is 115 Å². The first kappa shape index (κ1) is 22.8. The van der Waals surface area contributed by atoms with Crippen molar-refractivity contribution < 1.29 is 9.59 Å². The summed E-state index contributed by atoms with van der Waals surface area (Å²) in [6.07, 6.45) is 4.47. The largest absolute Gasteiger partial charge is 0.346 e. The molecule has 0 saturated carbocycles. The molecule has 0 fully saturated rings. The van der Waals surface area contributed by atoms with Crippen LogP contribution in [0.25, 0.3) is 11.4 Å². The summed E-state index contributed by atoms with van der Waals surface area (Å²) in [6, 6.07) is 6.88. The number of carbonyl (C=O) groups excluding carboxylic acids is 2. The summed E-state index contributed by atoms with van der Waals surface area (Å²) in [5.41, 5.74) is 7.39. The highest BCUT2D eigenvalue weighted by Gasteiger charge is 2.18. The number of hydrogen-bond acceptors (Lipinski definition) is 5. The van der Waals surface area contributed by atoms with Crippen LogP contribution in [-0.2, 0) is 22.6 Å². The number of aromatic nitrogens is 3. The molecule has 3 rings (SSSR count). The van der Waals surface area contributed by atoms with Crippen molar-refractivity contribution in [1.82, 2.24) is 20.1 Å². The first-order valence-electron chi connectivity index (χ1n) is 9.81. The van der Waals surface area contributed by atoms with Crippen molar-refractivity contribution in [2.75, 3.05) is 11.9 Å². The Labute approximate surface area is 177 Å². The second-order valence-corrected chi connectivity index (χ2v) is 7.52. The van der Waals surface area contributed by atoms with E-state index in [4.69, 9.17) is 5.73 Å². The zero-order valence-corrected chi connectivity index (χ0v) is 17.7. The van der Waals surface area contributed by atoms with E-state index in [1.165, 1.54) is 6.42 Å². The molecule has 9 heteroatoms. The zero-order valence-electron chi connectivity index (χ0n) is 16.9. The molecule has 4 N–H and O–H groups in total. The zero-order chi connectivity index (χ0) is 20.1. The van der Waals surface area contributed by atoms with Gasteiger partial charge in [-0.15, -0.1) is 22.6 Å². The molecule has 1 atom stereocenters. The number of hydrogen-bond donors (Lipinski definition) is 3. The van der Waals surface area contributed by atoms with E-state index in [2.05, 4.69) is 25.4 Å². The number of amides is 2. The Bertz CT molecular complexity index is 834. The second kappa shape index (κ2) is 10.4. The van der Waals surface area contributed by atoms with Gasteiger partial charge in [0.1, 0.15) is 5.82 Å². The van der Waals surface area contributed by atoms with Crippen LogP contribution < -0.4 is 16.4 Å². The quantitative estimate of drug-likeness (QED) is 0.662. The van der Waals surface area contributed by atoms with Gasteiger partial charge in [-0.3, -0.25) is 9.59 Å². The van der Waals surface area contributed by atoms with Crippen LogP contribution >= 0.6 is 12.4 Å². The lowest BCUT2D eigenvalue weighted by atomic mass is 10.1. The van der Waals surface area contributed by atoms with E-state index in [1.54, 1.807) is 0 Å². The molecule has 0 spiro atoms. The predicted molar refractivity (Wildman–Crippen MR) is 115 cm³/mol. The normalized spacial score (nSPS) is 14.3. The summed E-state index contributed by atoms with van der Waals surface area (Å²) in [6.45, 7) is 4.55. The van der Waals surface area contributed by atoms with Crippen molar-refractivity contribution in [3.8, 4) is 11.4 Å². The molecule has 1 aliphatic heterocycles. The van der Waals surface area contributed by atoms with E-state index in [0.29, 0.717) is 5.69 Å². The molecule has 1 aliphatic rings. The van der Waals surface area contributed by atoms with E-state index in [0.717, 1.165) is 43.0 Å². The fourth-order valence-electron chi connectivity index (χ4n) is 3.19. The highest BCUT2D eigenvalue weighted by Crippen LogP contribution is 2.23. The minimum absolute atomic E-state index is 0. The highest BCUT2D eigenvalue weighted by molar-refractivity contribution is 5.95. The Morgan fingerprint density at radius 1 is 1.14 bits per heavy atom. The number of nitrogens with one attached hydrogen (secondary N) is 2. The lowest BCUT2D eigenvalue weighted by Gasteiger charge is -2.15. The van der Waals surface area contributed by atoms with E-state index >= 15 is 0 Å². The number of rotatable bonds is 6. The van der Waals surface area contributed by atoms with Crippen LogP contribution in [0.1, 0.15) is 38.9 Å². The molecular weight excluding hydrogens is 392 g/mol. The molecule has 2 aromatic rings. The van der Waals surface area contributed by atoms with Crippen LogP contribution in [0, 0.1) is 5.92 Å². The minimum atomic E-state index is -0.620. The monoisotopic (exact) mass is 420 g/mol. The van der Waals surface area contributed by atoms with Gasteiger partial charge in [-0.1, -0.05) is 20.3 Å².